The maximum absolute atomic E-state index is 9.13. The summed E-state index contributed by atoms with van der Waals surface area (Å²) in [7, 11) is 0. The van der Waals surface area contributed by atoms with E-state index in [0.717, 1.165) is 28.0 Å². The van der Waals surface area contributed by atoms with Crippen molar-refractivity contribution in [2.75, 3.05) is 0 Å². The third kappa shape index (κ3) is 3.22. The number of hydrogen-bond donors (Lipinski definition) is 1. The first kappa shape index (κ1) is 15.6. The Labute approximate surface area is 146 Å². The summed E-state index contributed by atoms with van der Waals surface area (Å²) in [6, 6.07) is 13.7. The van der Waals surface area contributed by atoms with Gasteiger partial charge >= 0.3 is 147 Å². The molecule has 3 aromatic rings. The Morgan fingerprint density at radius 3 is 2.38 bits per heavy atom. The van der Waals surface area contributed by atoms with E-state index < -0.39 is 3.37 Å². The normalized spacial score (nSPS) is 12.8. The van der Waals surface area contributed by atoms with Gasteiger partial charge in [0.05, 0.1) is 0 Å². The molecule has 3 rings (SSSR count). The third-order valence-corrected chi connectivity index (χ3v) is 6.96. The molecule has 110 valence electrons. The predicted octanol–water partition coefficient (Wildman–Crippen LogP) is 4.19. The molecule has 0 amide bonds. The molecule has 0 aliphatic carbocycles. The van der Waals surface area contributed by atoms with Crippen LogP contribution in [0.4, 0.5) is 0 Å². The fraction of sp³-hybridized carbons (Fsp3) is 0.0769. The van der Waals surface area contributed by atoms with Crippen LogP contribution in [0, 0.1) is 0 Å². The molecule has 0 aliphatic rings. The Kier molecular flexibility index (Phi) is 4.48. The fourth-order valence-corrected chi connectivity index (χ4v) is 3.99. The van der Waals surface area contributed by atoms with Crippen LogP contribution in [-0.4, -0.2) is 19.7 Å². The molecule has 1 N–H and O–H groups in total. The number of hydrogen-bond acceptors (Lipinski definition) is 3. The van der Waals surface area contributed by atoms with Crippen molar-refractivity contribution in [1.82, 2.24) is 14.6 Å². The minimum absolute atomic E-state index is 0.0445. The van der Waals surface area contributed by atoms with Crippen LogP contribution < -0.4 is 5.57 Å². The molecule has 0 saturated carbocycles. The maximum atomic E-state index is 9.13. The van der Waals surface area contributed by atoms with Gasteiger partial charge in [-0.05, 0) is 0 Å². The van der Waals surface area contributed by atoms with E-state index in [1.54, 1.807) is 0 Å². The van der Waals surface area contributed by atoms with E-state index in [1.165, 1.54) is 0 Å². The summed E-state index contributed by atoms with van der Waals surface area (Å²) < 4.78 is -0.265. The number of fused-ring (bicyclic) bond motifs is 1. The molecule has 4 nitrogen and oxygen atoms in total. The third-order valence-electron chi connectivity index (χ3n) is 3.05. The van der Waals surface area contributed by atoms with Crippen molar-refractivity contribution in [3.8, 4) is 11.3 Å². The Morgan fingerprint density at radius 1 is 1.05 bits per heavy atom. The molecule has 21 heavy (non-hydrogen) atoms. The molecule has 2 aromatic heterocycles. The monoisotopic (exact) mass is 493 g/mol. The number of halogens is 3. The van der Waals surface area contributed by atoms with Gasteiger partial charge in [-0.3, -0.25) is 0 Å². The van der Waals surface area contributed by atoms with Gasteiger partial charge in [-0.1, -0.05) is 0 Å². The van der Waals surface area contributed by atoms with Gasteiger partial charge in [0.1, 0.15) is 0 Å². The van der Waals surface area contributed by atoms with E-state index in [0.29, 0.717) is 0 Å². The van der Waals surface area contributed by atoms with Crippen LogP contribution in [0.3, 0.4) is 0 Å². The second kappa shape index (κ2) is 6.05. The first-order valence-corrected chi connectivity index (χ1v) is 14.9. The summed E-state index contributed by atoms with van der Waals surface area (Å²) >= 11 is 10.7. The SMILES string of the molecule is OCc1ccc(-c2cccc3nc([PH](Br)(Br)Br)nn23)cc1. The summed E-state index contributed by atoms with van der Waals surface area (Å²) in [6.07, 6.45) is 0. The van der Waals surface area contributed by atoms with Crippen LogP contribution in [0.2, 0.25) is 0 Å². The standard InChI is InChI=1S/C13H11Br3N3OP/c14-21(15,16)13-17-12-3-1-2-11(19(12)18-13)10-6-4-9(8-20)5-7-10/h1-7,20-21H,8H2. The fourth-order valence-electron chi connectivity index (χ4n) is 2.02. The molecular weight excluding hydrogens is 485 g/mol. The average Bonchev–Trinajstić information content (AvgIpc) is 2.91. The van der Waals surface area contributed by atoms with Crippen molar-refractivity contribution in [3.63, 3.8) is 0 Å². The van der Waals surface area contributed by atoms with Crippen LogP contribution in [0.15, 0.2) is 42.5 Å². The van der Waals surface area contributed by atoms with Gasteiger partial charge < -0.3 is 0 Å². The average molecular weight is 496 g/mol. The number of aromatic nitrogens is 3. The summed E-state index contributed by atoms with van der Waals surface area (Å²) in [5, 5.41) is 13.7. The van der Waals surface area contributed by atoms with E-state index in [9.17, 15) is 0 Å². The Morgan fingerprint density at radius 2 is 1.76 bits per heavy atom. The summed E-state index contributed by atoms with van der Waals surface area (Å²) in [4.78, 5) is 4.54. The molecule has 0 atom stereocenters. The molecule has 2 heterocycles. The summed E-state index contributed by atoms with van der Waals surface area (Å²) in [5.74, 6) is 0. The topological polar surface area (TPSA) is 50.4 Å². The Balaban J connectivity index is 2.15. The van der Waals surface area contributed by atoms with Crippen molar-refractivity contribution < 1.29 is 5.11 Å². The predicted molar refractivity (Wildman–Crippen MR) is 99.1 cm³/mol. The zero-order valence-electron chi connectivity index (χ0n) is 10.7. The molecular formula is C13H11Br3N3OP. The van der Waals surface area contributed by atoms with Crippen LogP contribution in [0.25, 0.3) is 16.9 Å². The zero-order chi connectivity index (χ0) is 15.0. The molecule has 8 heteroatoms. The van der Waals surface area contributed by atoms with Gasteiger partial charge in [-0.15, -0.1) is 0 Å². The van der Waals surface area contributed by atoms with Gasteiger partial charge in [0.25, 0.3) is 0 Å². The first-order valence-electron chi connectivity index (χ1n) is 6.12. The van der Waals surface area contributed by atoms with Gasteiger partial charge in [0.2, 0.25) is 0 Å². The molecule has 0 radical (unpaired) electrons. The van der Waals surface area contributed by atoms with Crippen molar-refractivity contribution in [2.24, 2.45) is 0 Å². The molecule has 0 saturated heterocycles. The van der Waals surface area contributed by atoms with Crippen LogP contribution in [0.1, 0.15) is 5.56 Å². The molecule has 0 fully saturated rings. The quantitative estimate of drug-likeness (QED) is 0.554. The van der Waals surface area contributed by atoms with Gasteiger partial charge in [-0.2, -0.15) is 0 Å². The van der Waals surface area contributed by atoms with Gasteiger partial charge in [0, 0.05) is 0 Å². The Bertz CT molecular complexity index is 783. The van der Waals surface area contributed by atoms with Crippen molar-refractivity contribution in [3.05, 3.63) is 48.0 Å². The number of aliphatic hydroxyl groups is 1. The molecule has 0 aliphatic heterocycles. The zero-order valence-corrected chi connectivity index (χ0v) is 16.4. The second-order valence-corrected chi connectivity index (χ2v) is 26.2. The molecule has 0 bridgehead atoms. The summed E-state index contributed by atoms with van der Waals surface area (Å²) in [6.45, 7) is 0.0445. The second-order valence-electron chi connectivity index (χ2n) is 4.47. The molecule has 0 spiro atoms. The first-order chi connectivity index (χ1) is 9.99. The van der Waals surface area contributed by atoms with Gasteiger partial charge in [-0.25, -0.2) is 0 Å². The van der Waals surface area contributed by atoms with E-state index in [1.807, 2.05) is 47.0 Å². The number of aliphatic hydroxyl groups excluding tert-OH is 1. The van der Waals surface area contributed by atoms with Gasteiger partial charge in [0.15, 0.2) is 0 Å². The van der Waals surface area contributed by atoms with Crippen LogP contribution in [-0.2, 0) is 6.61 Å². The molecule has 0 unspecified atom stereocenters. The molecule has 1 aromatic carbocycles. The van der Waals surface area contributed by atoms with E-state index >= 15 is 0 Å². The van der Waals surface area contributed by atoms with E-state index in [-0.39, 0.29) is 6.61 Å². The summed E-state index contributed by atoms with van der Waals surface area (Å²) in [5.41, 5.74) is 4.39. The van der Waals surface area contributed by atoms with Crippen molar-refractivity contribution in [1.29, 1.82) is 0 Å². The van der Waals surface area contributed by atoms with Crippen LogP contribution >= 0.6 is 49.8 Å². The number of pyridine rings is 1. The van der Waals surface area contributed by atoms with Crippen molar-refractivity contribution >= 4 is 61.1 Å². The van der Waals surface area contributed by atoms with Crippen molar-refractivity contribution in [2.45, 2.75) is 6.61 Å². The van der Waals surface area contributed by atoms with E-state index in [4.69, 9.17) is 5.11 Å². The van der Waals surface area contributed by atoms with E-state index in [2.05, 4.69) is 56.6 Å². The Hall–Kier alpha value is -0.330. The van der Waals surface area contributed by atoms with Crippen LogP contribution in [0.5, 0.6) is 0 Å². The number of benzene rings is 1. The number of rotatable bonds is 3. The number of nitrogens with zero attached hydrogens (tertiary/aromatic N) is 3. The minimum atomic E-state index is -2.09.